The fourth-order valence-corrected chi connectivity index (χ4v) is 3.01. The van der Waals surface area contributed by atoms with Crippen molar-refractivity contribution in [1.29, 1.82) is 0 Å². The van der Waals surface area contributed by atoms with E-state index < -0.39 is 0 Å². The summed E-state index contributed by atoms with van der Waals surface area (Å²) in [7, 11) is 1.84. The summed E-state index contributed by atoms with van der Waals surface area (Å²) in [6.07, 6.45) is 2.12. The molecule has 2 heterocycles. The van der Waals surface area contributed by atoms with E-state index >= 15 is 0 Å². The molecule has 1 aliphatic rings. The summed E-state index contributed by atoms with van der Waals surface area (Å²) in [5.74, 6) is 0.609. The number of nitrogens with zero attached hydrogens (tertiary/aromatic N) is 4. The molecule has 1 aliphatic heterocycles. The van der Waals surface area contributed by atoms with Crippen LogP contribution in [0, 0.1) is 4.77 Å². The van der Waals surface area contributed by atoms with Gasteiger partial charge >= 0.3 is 0 Å². The first-order valence-corrected chi connectivity index (χ1v) is 7.62. The average Bonchev–Trinajstić information content (AvgIpc) is 2.68. The largest absolute Gasteiger partial charge is 0.388 e. The Morgan fingerprint density at radius 2 is 1.81 bits per heavy atom. The number of aromatic nitrogens is 3. The van der Waals surface area contributed by atoms with Crippen molar-refractivity contribution in [3.05, 3.63) is 46.0 Å². The van der Waals surface area contributed by atoms with Crippen LogP contribution in [0.1, 0.15) is 17.0 Å². The van der Waals surface area contributed by atoms with Crippen LogP contribution in [-0.2, 0) is 33.2 Å². The predicted molar refractivity (Wildman–Crippen MR) is 83.4 cm³/mol. The van der Waals surface area contributed by atoms with Crippen LogP contribution in [0.2, 0.25) is 0 Å². The Balaban J connectivity index is 1.74. The van der Waals surface area contributed by atoms with Gasteiger partial charge in [-0.15, -0.1) is 0 Å². The molecule has 0 fully saturated rings. The molecule has 2 aromatic rings. The molecular weight excluding hydrogens is 284 g/mol. The van der Waals surface area contributed by atoms with Crippen molar-refractivity contribution >= 4 is 12.2 Å². The highest BCUT2D eigenvalue weighted by atomic mass is 32.1. The van der Waals surface area contributed by atoms with Crippen LogP contribution in [-0.4, -0.2) is 37.4 Å². The molecule has 0 spiro atoms. The fraction of sp³-hybridized carbons (Fsp3) is 0.467. The second-order valence-electron chi connectivity index (χ2n) is 5.44. The second-order valence-corrected chi connectivity index (χ2v) is 5.81. The number of fused-ring (bicyclic) bond motifs is 1. The van der Waals surface area contributed by atoms with Gasteiger partial charge in [-0.3, -0.25) is 4.90 Å². The summed E-state index contributed by atoms with van der Waals surface area (Å²) in [5.41, 5.74) is 2.89. The lowest BCUT2D eigenvalue weighted by Gasteiger charge is -2.19. The maximum atomic E-state index is 9.27. The SMILES string of the molecule is Cn1c(CO)nn(CN2CCc3ccccc3CC2)c1=S. The molecule has 1 aromatic carbocycles. The van der Waals surface area contributed by atoms with Crippen LogP contribution in [0.4, 0.5) is 0 Å². The van der Waals surface area contributed by atoms with Crippen LogP contribution in [0.25, 0.3) is 0 Å². The molecule has 1 N–H and O–H groups in total. The van der Waals surface area contributed by atoms with E-state index in [-0.39, 0.29) is 6.61 Å². The Morgan fingerprint density at radius 3 is 2.33 bits per heavy atom. The van der Waals surface area contributed by atoms with E-state index in [2.05, 4.69) is 34.3 Å². The van der Waals surface area contributed by atoms with E-state index in [0.717, 1.165) is 25.9 Å². The molecule has 0 radical (unpaired) electrons. The highest BCUT2D eigenvalue weighted by Crippen LogP contribution is 2.16. The molecule has 6 heteroatoms. The normalized spacial score (nSPS) is 15.7. The summed E-state index contributed by atoms with van der Waals surface area (Å²) >= 11 is 5.38. The third-order valence-corrected chi connectivity index (χ3v) is 4.60. The summed E-state index contributed by atoms with van der Waals surface area (Å²) in [4.78, 5) is 2.37. The number of benzene rings is 1. The molecule has 3 rings (SSSR count). The molecule has 0 aliphatic carbocycles. The van der Waals surface area contributed by atoms with Crippen LogP contribution < -0.4 is 0 Å². The van der Waals surface area contributed by atoms with Gasteiger partial charge in [0.15, 0.2) is 10.6 Å². The van der Waals surface area contributed by atoms with Crippen molar-refractivity contribution in [2.24, 2.45) is 7.05 Å². The van der Waals surface area contributed by atoms with Crippen molar-refractivity contribution < 1.29 is 5.11 Å². The fourth-order valence-electron chi connectivity index (χ4n) is 2.81. The van der Waals surface area contributed by atoms with E-state index in [0.29, 0.717) is 17.3 Å². The quantitative estimate of drug-likeness (QED) is 0.873. The zero-order valence-electron chi connectivity index (χ0n) is 12.2. The molecule has 21 heavy (non-hydrogen) atoms. The average molecular weight is 304 g/mol. The first-order valence-electron chi connectivity index (χ1n) is 7.21. The lowest BCUT2D eigenvalue weighted by atomic mass is 10.0. The Morgan fingerprint density at radius 1 is 1.19 bits per heavy atom. The van der Waals surface area contributed by atoms with Gasteiger partial charge in [0.2, 0.25) is 0 Å². The Bertz CT molecular complexity index is 664. The van der Waals surface area contributed by atoms with Crippen molar-refractivity contribution in [3.63, 3.8) is 0 Å². The lowest BCUT2D eigenvalue weighted by Crippen LogP contribution is -2.29. The Labute approximate surface area is 129 Å². The monoisotopic (exact) mass is 304 g/mol. The highest BCUT2D eigenvalue weighted by molar-refractivity contribution is 7.71. The number of hydrogen-bond donors (Lipinski definition) is 1. The molecule has 112 valence electrons. The minimum atomic E-state index is -0.0847. The maximum Gasteiger partial charge on any atom is 0.198 e. The van der Waals surface area contributed by atoms with Gasteiger partial charge in [0, 0.05) is 20.1 Å². The molecule has 5 nitrogen and oxygen atoms in total. The van der Waals surface area contributed by atoms with Gasteiger partial charge in [0.05, 0.1) is 6.67 Å². The smallest absolute Gasteiger partial charge is 0.198 e. The van der Waals surface area contributed by atoms with Crippen molar-refractivity contribution in [2.75, 3.05) is 13.1 Å². The van der Waals surface area contributed by atoms with Crippen LogP contribution in [0.5, 0.6) is 0 Å². The van der Waals surface area contributed by atoms with Gasteiger partial charge in [-0.05, 0) is 36.2 Å². The van der Waals surface area contributed by atoms with E-state index in [4.69, 9.17) is 12.2 Å². The van der Waals surface area contributed by atoms with Crippen molar-refractivity contribution in [1.82, 2.24) is 19.2 Å². The number of aliphatic hydroxyl groups is 1. The third-order valence-electron chi connectivity index (χ3n) is 4.12. The zero-order valence-corrected chi connectivity index (χ0v) is 13.0. The van der Waals surface area contributed by atoms with E-state index in [1.165, 1.54) is 11.1 Å². The first kappa shape index (κ1) is 14.4. The topological polar surface area (TPSA) is 46.2 Å². The van der Waals surface area contributed by atoms with Gasteiger partial charge in [-0.1, -0.05) is 24.3 Å². The van der Waals surface area contributed by atoms with Crippen molar-refractivity contribution in [2.45, 2.75) is 26.1 Å². The lowest BCUT2D eigenvalue weighted by molar-refractivity contribution is 0.212. The molecule has 0 saturated carbocycles. The maximum absolute atomic E-state index is 9.27. The van der Waals surface area contributed by atoms with Crippen molar-refractivity contribution in [3.8, 4) is 0 Å². The van der Waals surface area contributed by atoms with Crippen LogP contribution in [0.15, 0.2) is 24.3 Å². The van der Waals surface area contributed by atoms with E-state index in [1.54, 1.807) is 9.25 Å². The molecule has 0 saturated heterocycles. The number of aliphatic hydroxyl groups excluding tert-OH is 1. The Kier molecular flexibility index (Phi) is 4.19. The van der Waals surface area contributed by atoms with Crippen LogP contribution >= 0.6 is 12.2 Å². The zero-order chi connectivity index (χ0) is 14.8. The standard InChI is InChI=1S/C15H20N4OS/c1-17-14(10-20)16-19(15(17)21)11-18-8-6-12-4-2-3-5-13(12)7-9-18/h2-5,20H,6-11H2,1H3. The molecule has 0 unspecified atom stereocenters. The van der Waals surface area contributed by atoms with E-state index in [9.17, 15) is 5.11 Å². The summed E-state index contributed by atoms with van der Waals surface area (Å²) in [6.45, 7) is 2.60. The van der Waals surface area contributed by atoms with Crippen LogP contribution in [0.3, 0.4) is 0 Å². The molecule has 0 atom stereocenters. The van der Waals surface area contributed by atoms with Gasteiger partial charge < -0.3 is 9.67 Å². The first-order chi connectivity index (χ1) is 10.2. The van der Waals surface area contributed by atoms with Gasteiger partial charge in [0.25, 0.3) is 0 Å². The second kappa shape index (κ2) is 6.09. The van der Waals surface area contributed by atoms with Gasteiger partial charge in [-0.25, -0.2) is 4.68 Å². The highest BCUT2D eigenvalue weighted by Gasteiger charge is 2.15. The van der Waals surface area contributed by atoms with E-state index in [1.807, 2.05) is 7.05 Å². The summed E-state index contributed by atoms with van der Waals surface area (Å²) < 4.78 is 4.22. The minimum Gasteiger partial charge on any atom is -0.388 e. The van der Waals surface area contributed by atoms with Gasteiger partial charge in [-0.2, -0.15) is 5.10 Å². The summed E-state index contributed by atoms with van der Waals surface area (Å²) in [5, 5.41) is 13.7. The number of hydrogen-bond acceptors (Lipinski definition) is 4. The predicted octanol–water partition coefficient (Wildman–Crippen LogP) is 1.50. The third kappa shape index (κ3) is 2.92. The molecule has 0 amide bonds. The number of rotatable bonds is 3. The minimum absolute atomic E-state index is 0.0847. The Hall–Kier alpha value is -1.50. The molecular formula is C15H20N4OS. The van der Waals surface area contributed by atoms with Gasteiger partial charge in [0.1, 0.15) is 6.61 Å². The molecule has 1 aromatic heterocycles. The summed E-state index contributed by atoms with van der Waals surface area (Å²) in [6, 6.07) is 8.65. The molecule has 0 bridgehead atoms.